The number of aryl methyl sites for hydroxylation is 1. The van der Waals surface area contributed by atoms with Gasteiger partial charge in [0.25, 0.3) is 5.91 Å². The van der Waals surface area contributed by atoms with E-state index in [2.05, 4.69) is 11.1 Å². The van der Waals surface area contributed by atoms with Crippen molar-refractivity contribution in [2.45, 2.75) is 45.1 Å². The van der Waals surface area contributed by atoms with Gasteiger partial charge in [0.15, 0.2) is 0 Å². The van der Waals surface area contributed by atoms with Crippen molar-refractivity contribution < 1.29 is 9.53 Å². The van der Waals surface area contributed by atoms with Gasteiger partial charge in [0, 0.05) is 12.0 Å². The summed E-state index contributed by atoms with van der Waals surface area (Å²) < 4.78 is 5.37. The molecule has 4 rings (SSSR count). The number of ether oxygens (including phenoxy) is 1. The third kappa shape index (κ3) is 3.61. The number of rotatable bonds is 5. The summed E-state index contributed by atoms with van der Waals surface area (Å²) in [6.07, 6.45) is 5.65. The lowest BCUT2D eigenvalue weighted by Crippen LogP contribution is -2.33. The van der Waals surface area contributed by atoms with E-state index in [-0.39, 0.29) is 6.04 Å². The van der Waals surface area contributed by atoms with Gasteiger partial charge >= 0.3 is 0 Å². The predicted octanol–water partition coefficient (Wildman–Crippen LogP) is 3.54. The molecule has 7 nitrogen and oxygen atoms in total. The molecule has 2 N–H and O–H groups in total. The van der Waals surface area contributed by atoms with Crippen LogP contribution in [0.1, 0.15) is 59.3 Å². The Bertz CT molecular complexity index is 1050. The number of carbonyl (C=O) groups excluding carboxylic acids is 1. The minimum Gasteiger partial charge on any atom is -0.496 e. The summed E-state index contributed by atoms with van der Waals surface area (Å²) in [5.41, 5.74) is 8.93. The number of hydrogen-bond donors (Lipinski definition) is 1. The molecule has 0 saturated heterocycles. The lowest BCUT2D eigenvalue weighted by molar-refractivity contribution is 0.0997. The monoisotopic (exact) mass is 403 g/mol. The van der Waals surface area contributed by atoms with Gasteiger partial charge in [-0.3, -0.25) is 4.79 Å². The Hall–Kier alpha value is -3.40. The zero-order valence-electron chi connectivity index (χ0n) is 17.3. The summed E-state index contributed by atoms with van der Waals surface area (Å²) in [6, 6.07) is 11.5. The zero-order valence-corrected chi connectivity index (χ0v) is 17.3. The largest absolute Gasteiger partial charge is 0.496 e. The van der Waals surface area contributed by atoms with Crippen molar-refractivity contribution in [3.8, 4) is 11.8 Å². The smallest absolute Gasteiger partial charge is 0.252 e. The maximum atomic E-state index is 11.6. The van der Waals surface area contributed by atoms with Crippen LogP contribution in [-0.4, -0.2) is 29.8 Å². The van der Waals surface area contributed by atoms with Crippen LogP contribution in [0.4, 0.5) is 5.82 Å². The summed E-state index contributed by atoms with van der Waals surface area (Å²) in [4.78, 5) is 16.3. The standard InChI is InChI=1S/C23H25N5O2/c1-14-17(13-24)8-10-22(26-14)28-20(15-5-3-4-6-15)12-19(27-28)16-7-9-18(23(25)29)21(11-16)30-2/h7-11,15,20H,3-6,12H2,1-2H3,(H2,25,29)/t20-/m1/s1. The highest BCUT2D eigenvalue weighted by Crippen LogP contribution is 2.38. The number of aromatic nitrogens is 1. The van der Waals surface area contributed by atoms with Crippen molar-refractivity contribution in [1.29, 1.82) is 5.26 Å². The number of benzene rings is 1. The molecular weight excluding hydrogens is 378 g/mol. The number of anilines is 1. The molecule has 0 bridgehead atoms. The Labute approximate surface area is 176 Å². The minimum absolute atomic E-state index is 0.226. The van der Waals surface area contributed by atoms with Crippen LogP contribution in [0.5, 0.6) is 5.75 Å². The zero-order chi connectivity index (χ0) is 21.3. The number of nitrogens with two attached hydrogens (primary N) is 1. The minimum atomic E-state index is -0.519. The number of methoxy groups -OCH3 is 1. The van der Waals surface area contributed by atoms with E-state index < -0.39 is 5.91 Å². The molecule has 7 heteroatoms. The Kier molecular flexibility index (Phi) is 5.40. The maximum absolute atomic E-state index is 11.6. The molecule has 1 amide bonds. The van der Waals surface area contributed by atoms with Crippen molar-refractivity contribution in [3.05, 3.63) is 52.7 Å². The number of primary amides is 1. The first-order valence-corrected chi connectivity index (χ1v) is 10.2. The molecule has 1 aromatic carbocycles. The molecule has 0 spiro atoms. The molecule has 2 heterocycles. The highest BCUT2D eigenvalue weighted by atomic mass is 16.5. The number of pyridine rings is 1. The number of hydrogen-bond acceptors (Lipinski definition) is 6. The summed E-state index contributed by atoms with van der Waals surface area (Å²) >= 11 is 0. The van der Waals surface area contributed by atoms with Gasteiger partial charge in [-0.1, -0.05) is 18.9 Å². The van der Waals surface area contributed by atoms with E-state index in [1.165, 1.54) is 32.8 Å². The third-order valence-electron chi connectivity index (χ3n) is 6.12. The molecule has 2 aromatic rings. The average Bonchev–Trinajstić information content (AvgIpc) is 3.43. The highest BCUT2D eigenvalue weighted by molar-refractivity contribution is 6.05. The molecule has 1 atom stereocenters. The third-order valence-corrected chi connectivity index (χ3v) is 6.12. The van der Waals surface area contributed by atoms with E-state index >= 15 is 0 Å². The fraction of sp³-hybridized carbons (Fsp3) is 0.391. The molecule has 1 fully saturated rings. The second-order valence-corrected chi connectivity index (χ2v) is 7.90. The quantitative estimate of drug-likeness (QED) is 0.822. The van der Waals surface area contributed by atoms with Crippen molar-refractivity contribution in [1.82, 2.24) is 4.98 Å². The molecule has 1 aliphatic carbocycles. The summed E-state index contributed by atoms with van der Waals surface area (Å²) in [6.45, 7) is 1.85. The number of nitrogens with zero attached hydrogens (tertiary/aromatic N) is 4. The van der Waals surface area contributed by atoms with Crippen LogP contribution < -0.4 is 15.5 Å². The topological polar surface area (TPSA) is 105 Å². The van der Waals surface area contributed by atoms with E-state index in [1.807, 2.05) is 36.2 Å². The fourth-order valence-electron chi connectivity index (χ4n) is 4.50. The van der Waals surface area contributed by atoms with Crippen LogP contribution in [-0.2, 0) is 0 Å². The average molecular weight is 403 g/mol. The van der Waals surface area contributed by atoms with Gasteiger partial charge in [-0.2, -0.15) is 10.4 Å². The number of hydrazone groups is 1. The predicted molar refractivity (Wildman–Crippen MR) is 115 cm³/mol. The van der Waals surface area contributed by atoms with E-state index in [0.717, 1.165) is 23.5 Å². The molecule has 154 valence electrons. The normalized spacial score (nSPS) is 18.9. The number of carbonyl (C=O) groups is 1. The van der Waals surface area contributed by atoms with E-state index in [4.69, 9.17) is 15.6 Å². The number of nitriles is 1. The molecular formula is C23H25N5O2. The molecule has 2 aliphatic rings. The Morgan fingerprint density at radius 1 is 1.27 bits per heavy atom. The molecule has 0 radical (unpaired) electrons. The van der Waals surface area contributed by atoms with Crippen LogP contribution in [0.25, 0.3) is 0 Å². The van der Waals surface area contributed by atoms with Gasteiger partial charge in [-0.05, 0) is 49.9 Å². The highest BCUT2D eigenvalue weighted by Gasteiger charge is 2.37. The molecule has 1 saturated carbocycles. The molecule has 0 unspecified atom stereocenters. The first kappa shape index (κ1) is 19.9. The van der Waals surface area contributed by atoms with Crippen molar-refractivity contribution in [2.75, 3.05) is 12.1 Å². The molecule has 1 aliphatic heterocycles. The SMILES string of the molecule is COc1cc(C2=NN(c3ccc(C#N)c(C)n3)[C@@H](C3CCCC3)C2)ccc1C(N)=O. The number of amides is 1. The molecule has 1 aromatic heterocycles. The van der Waals surface area contributed by atoms with Gasteiger partial charge in [-0.25, -0.2) is 9.99 Å². The Morgan fingerprint density at radius 3 is 2.67 bits per heavy atom. The second kappa shape index (κ2) is 8.15. The van der Waals surface area contributed by atoms with Crippen molar-refractivity contribution in [3.63, 3.8) is 0 Å². The van der Waals surface area contributed by atoms with Gasteiger partial charge < -0.3 is 10.5 Å². The summed E-state index contributed by atoms with van der Waals surface area (Å²) in [5.74, 6) is 1.25. The first-order chi connectivity index (χ1) is 14.5. The lowest BCUT2D eigenvalue weighted by Gasteiger charge is -2.27. The van der Waals surface area contributed by atoms with Gasteiger partial charge in [0.2, 0.25) is 0 Å². The van der Waals surface area contributed by atoms with Crippen LogP contribution in [0, 0.1) is 24.2 Å². The summed E-state index contributed by atoms with van der Waals surface area (Å²) in [5, 5.41) is 16.2. The van der Waals surface area contributed by atoms with E-state index in [0.29, 0.717) is 28.5 Å². The molecule has 30 heavy (non-hydrogen) atoms. The van der Waals surface area contributed by atoms with Crippen LogP contribution >= 0.6 is 0 Å². The van der Waals surface area contributed by atoms with Gasteiger partial charge in [0.1, 0.15) is 17.6 Å². The van der Waals surface area contributed by atoms with E-state index in [9.17, 15) is 10.1 Å². The van der Waals surface area contributed by atoms with Crippen molar-refractivity contribution in [2.24, 2.45) is 16.8 Å². The maximum Gasteiger partial charge on any atom is 0.252 e. The van der Waals surface area contributed by atoms with Crippen LogP contribution in [0.3, 0.4) is 0 Å². The van der Waals surface area contributed by atoms with Gasteiger partial charge in [-0.15, -0.1) is 0 Å². The fourth-order valence-corrected chi connectivity index (χ4v) is 4.50. The Morgan fingerprint density at radius 2 is 2.03 bits per heavy atom. The second-order valence-electron chi connectivity index (χ2n) is 7.90. The van der Waals surface area contributed by atoms with Crippen molar-refractivity contribution >= 4 is 17.4 Å². The Balaban J connectivity index is 1.72. The van der Waals surface area contributed by atoms with E-state index in [1.54, 1.807) is 6.07 Å². The lowest BCUT2D eigenvalue weighted by atomic mass is 9.92. The summed E-state index contributed by atoms with van der Waals surface area (Å²) in [7, 11) is 1.53. The van der Waals surface area contributed by atoms with Gasteiger partial charge in [0.05, 0.1) is 35.7 Å². The first-order valence-electron chi connectivity index (χ1n) is 10.2. The van der Waals surface area contributed by atoms with Crippen LogP contribution in [0.15, 0.2) is 35.4 Å². The van der Waals surface area contributed by atoms with Crippen LogP contribution in [0.2, 0.25) is 0 Å².